The normalized spacial score (nSPS) is 24.3. The number of piperidine rings is 1. The second-order valence-electron chi connectivity index (χ2n) is 18.9. The molecular weight excluding hydrogens is 769 g/mol. The van der Waals surface area contributed by atoms with Crippen molar-refractivity contribution in [3.05, 3.63) is 99.3 Å². The Morgan fingerprint density at radius 2 is 1.62 bits per heavy atom. The summed E-state index contributed by atoms with van der Waals surface area (Å²) in [6.07, 6.45) is 0.980. The van der Waals surface area contributed by atoms with Gasteiger partial charge in [-0.15, -0.1) is 0 Å². The Kier molecular flexibility index (Phi) is 9.54. The summed E-state index contributed by atoms with van der Waals surface area (Å²) in [6, 6.07) is 18.9. The lowest BCUT2D eigenvalue weighted by atomic mass is 9.49. The molecule has 5 heterocycles. The number of H-pyrrole nitrogens is 1. The van der Waals surface area contributed by atoms with Crippen LogP contribution in [-0.2, 0) is 9.59 Å². The number of rotatable bonds is 9. The maximum atomic E-state index is 15.1. The molecule has 312 valence electrons. The highest BCUT2D eigenvalue weighted by atomic mass is 19.1. The third-order valence-electron chi connectivity index (χ3n) is 13.9. The van der Waals surface area contributed by atoms with Crippen molar-refractivity contribution in [1.29, 1.82) is 5.26 Å². The smallest absolute Gasteiger partial charge is 0.251 e. The van der Waals surface area contributed by atoms with E-state index in [1.165, 1.54) is 18.2 Å². The van der Waals surface area contributed by atoms with Crippen molar-refractivity contribution < 1.29 is 27.9 Å². The number of amides is 3. The van der Waals surface area contributed by atoms with Gasteiger partial charge in [-0.2, -0.15) is 5.26 Å². The van der Waals surface area contributed by atoms with Crippen LogP contribution in [0.5, 0.6) is 5.75 Å². The molecule has 4 aromatic rings. The van der Waals surface area contributed by atoms with Gasteiger partial charge in [0.1, 0.15) is 29.6 Å². The molecule has 1 atom stereocenters. The van der Waals surface area contributed by atoms with E-state index in [0.29, 0.717) is 52.5 Å². The molecule has 3 amide bonds. The molecule has 3 aromatic carbocycles. The van der Waals surface area contributed by atoms with E-state index < -0.39 is 40.2 Å². The number of nitrogens with one attached hydrogen (secondary N) is 3. The number of imide groups is 1. The van der Waals surface area contributed by atoms with Crippen molar-refractivity contribution in [3.8, 4) is 11.8 Å². The maximum absolute atomic E-state index is 15.1. The number of benzene rings is 3. The van der Waals surface area contributed by atoms with E-state index in [1.54, 1.807) is 18.2 Å². The van der Waals surface area contributed by atoms with Gasteiger partial charge in [0.05, 0.1) is 17.0 Å². The number of likely N-dealkylation sites (tertiary alicyclic amines) is 1. The van der Waals surface area contributed by atoms with Gasteiger partial charge in [-0.25, -0.2) is 8.78 Å². The summed E-state index contributed by atoms with van der Waals surface area (Å²) in [6.45, 7) is 14.5. The van der Waals surface area contributed by atoms with E-state index in [-0.39, 0.29) is 47.4 Å². The van der Waals surface area contributed by atoms with Crippen molar-refractivity contribution in [2.24, 2.45) is 22.2 Å². The minimum Gasteiger partial charge on any atom is -0.488 e. The SMILES string of the molecule is CC1(C)C(NC(=O)c2ccc(N3CCC4(CN(CC5CN(c6cc(F)c(C7CCC(=O)NC7=O)c(F)c6)C5)C4)C3)cc2)C(C)(C)C1Oc1ccc(C#N)c2[nH]c(=O)ccc12. The zero-order chi connectivity index (χ0) is 42.3. The lowest BCUT2D eigenvalue weighted by molar-refractivity contribution is -0.163. The predicted molar refractivity (Wildman–Crippen MR) is 222 cm³/mol. The summed E-state index contributed by atoms with van der Waals surface area (Å²) >= 11 is 0. The molecule has 0 bridgehead atoms. The predicted octanol–water partition coefficient (Wildman–Crippen LogP) is 5.46. The third kappa shape index (κ3) is 6.76. The van der Waals surface area contributed by atoms with E-state index >= 15 is 8.78 Å². The number of pyridine rings is 1. The van der Waals surface area contributed by atoms with Gasteiger partial charge >= 0.3 is 0 Å². The van der Waals surface area contributed by atoms with Crippen molar-refractivity contribution in [2.75, 3.05) is 55.6 Å². The Balaban J connectivity index is 0.751. The van der Waals surface area contributed by atoms with Crippen LogP contribution in [0.15, 0.2) is 65.5 Å². The van der Waals surface area contributed by atoms with Crippen molar-refractivity contribution in [2.45, 2.75) is 65.0 Å². The van der Waals surface area contributed by atoms with Crippen LogP contribution >= 0.6 is 0 Å². The number of ether oxygens (including phenoxy) is 1. The lowest BCUT2D eigenvalue weighted by Gasteiger charge is -2.63. The largest absolute Gasteiger partial charge is 0.488 e. The number of hydrogen-bond donors (Lipinski definition) is 3. The molecule has 1 aliphatic carbocycles. The third-order valence-corrected chi connectivity index (χ3v) is 13.9. The van der Waals surface area contributed by atoms with Crippen LogP contribution in [0.4, 0.5) is 20.2 Å². The molecule has 1 saturated carbocycles. The number of fused-ring (bicyclic) bond motifs is 1. The van der Waals surface area contributed by atoms with Crippen LogP contribution < -0.4 is 30.7 Å². The summed E-state index contributed by atoms with van der Waals surface area (Å²) in [5, 5.41) is 15.7. The molecule has 5 aliphatic rings. The zero-order valence-corrected chi connectivity index (χ0v) is 34.2. The molecule has 1 spiro atoms. The van der Waals surface area contributed by atoms with E-state index in [1.807, 2.05) is 29.2 Å². The van der Waals surface area contributed by atoms with Gasteiger partial charge in [-0.3, -0.25) is 24.5 Å². The Labute approximate surface area is 346 Å². The van der Waals surface area contributed by atoms with Gasteiger partial charge in [0, 0.05) is 114 Å². The molecule has 0 radical (unpaired) electrons. The summed E-state index contributed by atoms with van der Waals surface area (Å²) in [7, 11) is 0. The number of anilines is 2. The van der Waals surface area contributed by atoms with E-state index in [0.717, 1.165) is 44.8 Å². The van der Waals surface area contributed by atoms with E-state index in [4.69, 9.17) is 4.74 Å². The Hall–Kier alpha value is -5.81. The molecule has 60 heavy (non-hydrogen) atoms. The van der Waals surface area contributed by atoms with Gasteiger partial charge in [0.25, 0.3) is 5.91 Å². The minimum absolute atomic E-state index is 0.0572. The summed E-state index contributed by atoms with van der Waals surface area (Å²) in [4.78, 5) is 59.0. The first-order valence-electron chi connectivity index (χ1n) is 20.7. The standard InChI is InChI=1S/C46H49F2N7O5/c1-44(2)42(45(3,4)43(44)60-35-12-7-28(19-49)39-31(35)10-13-36(56)50-39)52-40(58)27-5-8-29(9-6-27)54-16-15-46(25-54)23-53(24-46)20-26-21-55(22-26)30-17-33(47)38(34(48)18-30)32-11-14-37(57)51-41(32)59/h5-10,12-13,17-18,26,32,42-43H,11,14-16,20-25H2,1-4H3,(H,50,56)(H,52,58)(H,51,57,59). The molecule has 9 rings (SSSR count). The van der Waals surface area contributed by atoms with Gasteiger partial charge in [-0.05, 0) is 67.4 Å². The number of nitriles is 1. The fraction of sp³-hybridized carbons (Fsp3) is 0.457. The summed E-state index contributed by atoms with van der Waals surface area (Å²) in [5.74, 6) is -2.77. The minimum atomic E-state index is -1.01. The van der Waals surface area contributed by atoms with Gasteiger partial charge in [0.15, 0.2) is 0 Å². The fourth-order valence-electron chi connectivity index (χ4n) is 11.1. The Bertz CT molecular complexity index is 2480. The number of nitrogens with zero attached hydrogens (tertiary/aromatic N) is 4. The second kappa shape index (κ2) is 14.4. The van der Waals surface area contributed by atoms with Gasteiger partial charge in [-0.1, -0.05) is 27.7 Å². The number of aromatic nitrogens is 1. The van der Waals surface area contributed by atoms with E-state index in [2.05, 4.69) is 59.2 Å². The van der Waals surface area contributed by atoms with Crippen LogP contribution in [0.3, 0.4) is 0 Å². The number of hydrogen-bond acceptors (Lipinski definition) is 9. The van der Waals surface area contributed by atoms with Crippen LogP contribution in [0, 0.1) is 45.1 Å². The zero-order valence-electron chi connectivity index (χ0n) is 34.2. The quantitative estimate of drug-likeness (QED) is 0.187. The number of carbonyl (C=O) groups excluding carboxylic acids is 3. The van der Waals surface area contributed by atoms with Gasteiger partial charge in [0.2, 0.25) is 17.4 Å². The maximum Gasteiger partial charge on any atom is 0.251 e. The highest BCUT2D eigenvalue weighted by molar-refractivity contribution is 6.01. The number of aromatic amines is 1. The molecule has 3 N–H and O–H groups in total. The van der Waals surface area contributed by atoms with Crippen LogP contribution in [-0.4, -0.2) is 85.6 Å². The first-order chi connectivity index (χ1) is 28.5. The molecule has 4 aliphatic heterocycles. The first-order valence-corrected chi connectivity index (χ1v) is 20.7. The highest BCUT2D eigenvalue weighted by Gasteiger charge is 2.64. The number of halogens is 2. The Morgan fingerprint density at radius 1 is 0.917 bits per heavy atom. The molecule has 1 aromatic heterocycles. The Morgan fingerprint density at radius 3 is 2.28 bits per heavy atom. The highest BCUT2D eigenvalue weighted by Crippen LogP contribution is 2.56. The lowest BCUT2D eigenvalue weighted by Crippen LogP contribution is -2.74. The van der Waals surface area contributed by atoms with Crippen LogP contribution in [0.1, 0.15) is 74.4 Å². The summed E-state index contributed by atoms with van der Waals surface area (Å²) in [5.41, 5.74) is 1.77. The molecule has 4 saturated heterocycles. The van der Waals surface area contributed by atoms with Crippen molar-refractivity contribution in [3.63, 3.8) is 0 Å². The summed E-state index contributed by atoms with van der Waals surface area (Å²) < 4.78 is 36.8. The molecule has 5 fully saturated rings. The fourth-order valence-corrected chi connectivity index (χ4v) is 11.1. The monoisotopic (exact) mass is 817 g/mol. The van der Waals surface area contributed by atoms with Crippen LogP contribution in [0.2, 0.25) is 0 Å². The average Bonchev–Trinajstić information content (AvgIpc) is 3.63. The molecule has 14 heteroatoms. The molecule has 12 nitrogen and oxygen atoms in total. The molecular formula is C46H49F2N7O5. The molecule has 1 unspecified atom stereocenters. The van der Waals surface area contributed by atoms with Crippen molar-refractivity contribution in [1.82, 2.24) is 20.5 Å². The topological polar surface area (TPSA) is 151 Å². The number of carbonyl (C=O) groups is 3. The first kappa shape index (κ1) is 39.6. The van der Waals surface area contributed by atoms with Crippen LogP contribution in [0.25, 0.3) is 10.9 Å². The second-order valence-corrected chi connectivity index (χ2v) is 18.9. The van der Waals surface area contributed by atoms with Gasteiger partial charge < -0.3 is 29.7 Å². The van der Waals surface area contributed by atoms with E-state index in [9.17, 15) is 24.4 Å². The van der Waals surface area contributed by atoms with Crippen molar-refractivity contribution >= 4 is 40.0 Å². The average molecular weight is 818 g/mol.